The van der Waals surface area contributed by atoms with Crippen LogP contribution in [0.3, 0.4) is 0 Å². The van der Waals surface area contributed by atoms with Crippen LogP contribution >= 0.6 is 0 Å². The molecule has 0 fully saturated rings. The maximum absolute atomic E-state index is 12.5. The SMILES string of the molecule is CN(C)CCCOc1cc(NN)nc(C(F)(F)F)n1. The van der Waals surface area contributed by atoms with Gasteiger partial charge in [0.05, 0.1) is 6.61 Å². The van der Waals surface area contributed by atoms with Gasteiger partial charge in [0.2, 0.25) is 11.7 Å². The topological polar surface area (TPSA) is 76.3 Å². The fourth-order valence-corrected chi connectivity index (χ4v) is 1.26. The number of nitrogens with two attached hydrogens (primary N) is 1. The third-order valence-electron chi connectivity index (χ3n) is 2.10. The van der Waals surface area contributed by atoms with E-state index in [0.29, 0.717) is 6.42 Å². The van der Waals surface area contributed by atoms with Crippen molar-refractivity contribution in [3.05, 3.63) is 11.9 Å². The number of hydrogen-bond acceptors (Lipinski definition) is 6. The fraction of sp³-hybridized carbons (Fsp3) is 0.600. The second kappa shape index (κ2) is 6.53. The van der Waals surface area contributed by atoms with Gasteiger partial charge < -0.3 is 15.1 Å². The van der Waals surface area contributed by atoms with E-state index in [-0.39, 0.29) is 18.3 Å². The van der Waals surface area contributed by atoms with Gasteiger partial charge in [-0.3, -0.25) is 0 Å². The molecule has 0 saturated heterocycles. The highest BCUT2D eigenvalue weighted by Gasteiger charge is 2.35. The Morgan fingerprint density at radius 3 is 2.58 bits per heavy atom. The third kappa shape index (κ3) is 5.26. The Morgan fingerprint density at radius 2 is 2.05 bits per heavy atom. The van der Waals surface area contributed by atoms with Gasteiger partial charge in [0.15, 0.2) is 0 Å². The number of aromatic nitrogens is 2. The Hall–Kier alpha value is -1.61. The van der Waals surface area contributed by atoms with Crippen molar-refractivity contribution in [2.75, 3.05) is 32.7 Å². The zero-order valence-electron chi connectivity index (χ0n) is 10.7. The number of halogens is 3. The van der Waals surface area contributed by atoms with Crippen LogP contribution in [0.2, 0.25) is 0 Å². The lowest BCUT2D eigenvalue weighted by molar-refractivity contribution is -0.145. The van der Waals surface area contributed by atoms with Crippen molar-refractivity contribution in [1.82, 2.24) is 14.9 Å². The predicted octanol–water partition coefficient (Wildman–Crippen LogP) is 1.11. The van der Waals surface area contributed by atoms with Crippen molar-refractivity contribution >= 4 is 5.82 Å². The summed E-state index contributed by atoms with van der Waals surface area (Å²) in [6.07, 6.45) is -3.97. The van der Waals surface area contributed by atoms with E-state index < -0.39 is 12.0 Å². The molecule has 1 heterocycles. The number of hydrogen-bond donors (Lipinski definition) is 2. The van der Waals surface area contributed by atoms with Crippen molar-refractivity contribution in [1.29, 1.82) is 0 Å². The summed E-state index contributed by atoms with van der Waals surface area (Å²) in [4.78, 5) is 8.46. The number of alkyl halides is 3. The lowest BCUT2D eigenvalue weighted by atomic mass is 10.4. The molecule has 1 aromatic rings. The van der Waals surface area contributed by atoms with Crippen LogP contribution in [0.5, 0.6) is 5.88 Å². The number of nitrogens with zero attached hydrogens (tertiary/aromatic N) is 3. The number of anilines is 1. The summed E-state index contributed by atoms with van der Waals surface area (Å²) in [5, 5.41) is 0. The second-order valence-electron chi connectivity index (χ2n) is 4.06. The molecule has 0 bridgehead atoms. The van der Waals surface area contributed by atoms with E-state index in [1.807, 2.05) is 24.4 Å². The highest BCUT2D eigenvalue weighted by Crippen LogP contribution is 2.28. The van der Waals surface area contributed by atoms with Gasteiger partial charge in [-0.15, -0.1) is 0 Å². The molecule has 1 rings (SSSR count). The van der Waals surface area contributed by atoms with Crippen LogP contribution in [0, 0.1) is 0 Å². The van der Waals surface area contributed by atoms with Gasteiger partial charge in [0.25, 0.3) is 0 Å². The first kappa shape index (κ1) is 15.4. The molecule has 1 aromatic heterocycles. The van der Waals surface area contributed by atoms with E-state index in [1.165, 1.54) is 6.07 Å². The molecule has 0 saturated carbocycles. The number of nitrogen functional groups attached to an aromatic ring is 1. The summed E-state index contributed by atoms with van der Waals surface area (Å²) in [5.41, 5.74) is 2.05. The molecule has 0 spiro atoms. The van der Waals surface area contributed by atoms with Crippen molar-refractivity contribution in [3.63, 3.8) is 0 Å². The van der Waals surface area contributed by atoms with E-state index in [2.05, 4.69) is 9.97 Å². The molecule has 0 radical (unpaired) electrons. The zero-order chi connectivity index (χ0) is 14.5. The van der Waals surface area contributed by atoms with Crippen molar-refractivity contribution in [2.24, 2.45) is 5.84 Å². The highest BCUT2D eigenvalue weighted by molar-refractivity contribution is 5.37. The molecule has 108 valence electrons. The molecular weight excluding hydrogens is 263 g/mol. The van der Waals surface area contributed by atoms with Gasteiger partial charge in [0, 0.05) is 12.6 Å². The molecule has 0 aliphatic heterocycles. The van der Waals surface area contributed by atoms with Gasteiger partial charge in [0.1, 0.15) is 5.82 Å². The first-order valence-corrected chi connectivity index (χ1v) is 5.53. The zero-order valence-corrected chi connectivity index (χ0v) is 10.7. The summed E-state index contributed by atoms with van der Waals surface area (Å²) in [5.74, 6) is 3.46. The molecule has 0 aliphatic carbocycles. The highest BCUT2D eigenvalue weighted by atomic mass is 19.4. The first-order chi connectivity index (χ1) is 8.82. The lowest BCUT2D eigenvalue weighted by Gasteiger charge is -2.12. The predicted molar refractivity (Wildman–Crippen MR) is 63.5 cm³/mol. The molecule has 19 heavy (non-hydrogen) atoms. The number of rotatable bonds is 6. The third-order valence-corrected chi connectivity index (χ3v) is 2.10. The second-order valence-corrected chi connectivity index (χ2v) is 4.06. The first-order valence-electron chi connectivity index (χ1n) is 5.53. The van der Waals surface area contributed by atoms with Crippen LogP contribution in [0.25, 0.3) is 0 Å². The van der Waals surface area contributed by atoms with Crippen molar-refractivity contribution < 1.29 is 17.9 Å². The molecular formula is C10H16F3N5O. The van der Waals surface area contributed by atoms with E-state index in [1.54, 1.807) is 0 Å². The molecule has 0 atom stereocenters. The Kier molecular flexibility index (Phi) is 5.31. The summed E-state index contributed by atoms with van der Waals surface area (Å²) >= 11 is 0. The average molecular weight is 279 g/mol. The van der Waals surface area contributed by atoms with Gasteiger partial charge in [-0.05, 0) is 20.5 Å². The van der Waals surface area contributed by atoms with Crippen LogP contribution in [-0.2, 0) is 6.18 Å². The quantitative estimate of drug-likeness (QED) is 0.461. The van der Waals surface area contributed by atoms with Gasteiger partial charge >= 0.3 is 6.18 Å². The standard InChI is InChI=1S/C10H16F3N5O/c1-18(2)4-3-5-19-8-6-7(17-14)15-9(16-8)10(11,12)13/h6H,3-5,14H2,1-2H3,(H,15,16,17). The average Bonchev–Trinajstić information content (AvgIpc) is 2.33. The summed E-state index contributed by atoms with van der Waals surface area (Å²) in [6.45, 7) is 1.02. The fourth-order valence-electron chi connectivity index (χ4n) is 1.26. The van der Waals surface area contributed by atoms with E-state index >= 15 is 0 Å². The normalized spacial score (nSPS) is 11.7. The molecule has 0 unspecified atom stereocenters. The molecule has 0 aromatic carbocycles. The smallest absolute Gasteiger partial charge is 0.451 e. The minimum absolute atomic E-state index is 0.148. The molecule has 6 nitrogen and oxygen atoms in total. The monoisotopic (exact) mass is 279 g/mol. The van der Waals surface area contributed by atoms with Gasteiger partial charge in [-0.2, -0.15) is 18.2 Å². The number of nitrogens with one attached hydrogen (secondary N) is 1. The minimum atomic E-state index is -4.64. The van der Waals surface area contributed by atoms with E-state index in [9.17, 15) is 13.2 Å². The summed E-state index contributed by atoms with van der Waals surface area (Å²) in [7, 11) is 3.78. The van der Waals surface area contributed by atoms with Gasteiger partial charge in [-0.25, -0.2) is 10.8 Å². The van der Waals surface area contributed by atoms with Crippen LogP contribution < -0.4 is 16.0 Å². The molecule has 0 amide bonds. The largest absolute Gasteiger partial charge is 0.477 e. The number of ether oxygens (including phenoxy) is 1. The maximum Gasteiger partial charge on any atom is 0.451 e. The molecule has 0 aliphatic rings. The Morgan fingerprint density at radius 1 is 1.37 bits per heavy atom. The van der Waals surface area contributed by atoms with Crippen LogP contribution in [0.1, 0.15) is 12.2 Å². The molecule has 3 N–H and O–H groups in total. The summed E-state index contributed by atoms with van der Waals surface area (Å²) in [6, 6.07) is 1.21. The Bertz CT molecular complexity index is 411. The maximum atomic E-state index is 12.5. The van der Waals surface area contributed by atoms with Gasteiger partial charge in [-0.1, -0.05) is 0 Å². The van der Waals surface area contributed by atoms with Crippen LogP contribution in [0.4, 0.5) is 19.0 Å². The van der Waals surface area contributed by atoms with E-state index in [4.69, 9.17) is 10.6 Å². The minimum Gasteiger partial charge on any atom is -0.477 e. The molecule has 9 heteroatoms. The van der Waals surface area contributed by atoms with Crippen molar-refractivity contribution in [3.8, 4) is 5.88 Å². The van der Waals surface area contributed by atoms with Crippen LogP contribution in [-0.4, -0.2) is 42.1 Å². The number of hydrazine groups is 1. The van der Waals surface area contributed by atoms with Crippen molar-refractivity contribution in [2.45, 2.75) is 12.6 Å². The van der Waals surface area contributed by atoms with Crippen LogP contribution in [0.15, 0.2) is 6.07 Å². The lowest BCUT2D eigenvalue weighted by Crippen LogP contribution is -2.18. The van der Waals surface area contributed by atoms with E-state index in [0.717, 1.165) is 6.54 Å². The summed E-state index contributed by atoms with van der Waals surface area (Å²) < 4.78 is 42.7. The Balaban J connectivity index is 2.72. The Labute approximate surface area is 108 Å².